The van der Waals surface area contributed by atoms with Gasteiger partial charge in [-0.3, -0.25) is 4.98 Å². The van der Waals surface area contributed by atoms with Gasteiger partial charge in [0.2, 0.25) is 0 Å². The molecule has 2 nitrogen and oxygen atoms in total. The van der Waals surface area contributed by atoms with Crippen LogP contribution in [-0.4, -0.2) is 11.0 Å². The molecule has 1 heterocycles. The topological polar surface area (TPSA) is 24.9 Å². The average molecular weight is 297 g/mol. The first-order valence-corrected chi connectivity index (χ1v) is 7.34. The average Bonchev–Trinajstić information content (AvgIpc) is 2.32. The van der Waals surface area contributed by atoms with E-state index in [1.807, 2.05) is 12.4 Å². The molecule has 1 N–H and O–H groups in total. The van der Waals surface area contributed by atoms with Crippen LogP contribution in [0.3, 0.4) is 0 Å². The Morgan fingerprint density at radius 2 is 2.12 bits per heavy atom. The van der Waals surface area contributed by atoms with E-state index < -0.39 is 0 Å². The van der Waals surface area contributed by atoms with Gasteiger partial charge in [0.25, 0.3) is 0 Å². The quantitative estimate of drug-likeness (QED) is 0.890. The normalized spacial score (nSPS) is 24.9. The SMILES string of the molecule is CC(C)C1CCCCC1Nc1ccncc1Br. The van der Waals surface area contributed by atoms with E-state index in [1.54, 1.807) is 0 Å². The molecule has 1 aliphatic carbocycles. The molecular weight excluding hydrogens is 276 g/mol. The lowest BCUT2D eigenvalue weighted by Crippen LogP contribution is -2.35. The summed E-state index contributed by atoms with van der Waals surface area (Å²) >= 11 is 3.56. The van der Waals surface area contributed by atoms with Crippen molar-refractivity contribution >= 4 is 21.6 Å². The number of nitrogens with one attached hydrogen (secondary N) is 1. The van der Waals surface area contributed by atoms with Crippen LogP contribution >= 0.6 is 15.9 Å². The number of hydrogen-bond acceptors (Lipinski definition) is 2. The Morgan fingerprint density at radius 3 is 2.82 bits per heavy atom. The fourth-order valence-electron chi connectivity index (χ4n) is 2.83. The lowest BCUT2D eigenvalue weighted by molar-refractivity contribution is 0.254. The number of anilines is 1. The molecule has 1 aromatic rings. The molecule has 0 aromatic carbocycles. The highest BCUT2D eigenvalue weighted by atomic mass is 79.9. The first-order chi connectivity index (χ1) is 8.18. The molecule has 1 fully saturated rings. The standard InChI is InChI=1S/C14H21BrN2/c1-10(2)11-5-3-4-6-13(11)17-14-7-8-16-9-12(14)15/h7-11,13H,3-6H2,1-2H3,(H,16,17). The monoisotopic (exact) mass is 296 g/mol. The van der Waals surface area contributed by atoms with Gasteiger partial charge in [0.1, 0.15) is 0 Å². The van der Waals surface area contributed by atoms with Gasteiger partial charge < -0.3 is 5.32 Å². The molecule has 1 saturated carbocycles. The fraction of sp³-hybridized carbons (Fsp3) is 0.643. The van der Waals surface area contributed by atoms with Crippen molar-refractivity contribution < 1.29 is 0 Å². The minimum Gasteiger partial charge on any atom is -0.381 e. The number of halogens is 1. The summed E-state index contributed by atoms with van der Waals surface area (Å²) in [5.41, 5.74) is 1.18. The van der Waals surface area contributed by atoms with Crippen LogP contribution in [0.4, 0.5) is 5.69 Å². The lowest BCUT2D eigenvalue weighted by Gasteiger charge is -2.35. The highest BCUT2D eigenvalue weighted by molar-refractivity contribution is 9.10. The van der Waals surface area contributed by atoms with E-state index >= 15 is 0 Å². The van der Waals surface area contributed by atoms with Crippen molar-refractivity contribution in [1.82, 2.24) is 4.98 Å². The minimum atomic E-state index is 0.613. The van der Waals surface area contributed by atoms with Crippen LogP contribution in [0.2, 0.25) is 0 Å². The maximum atomic E-state index is 4.11. The highest BCUT2D eigenvalue weighted by Crippen LogP contribution is 2.33. The molecule has 17 heavy (non-hydrogen) atoms. The third-order valence-electron chi connectivity index (χ3n) is 3.79. The zero-order valence-corrected chi connectivity index (χ0v) is 12.2. The van der Waals surface area contributed by atoms with Crippen molar-refractivity contribution in [2.75, 3.05) is 5.32 Å². The predicted molar refractivity (Wildman–Crippen MR) is 76.1 cm³/mol. The summed E-state index contributed by atoms with van der Waals surface area (Å²) in [5.74, 6) is 1.55. The Bertz CT molecular complexity index is 365. The van der Waals surface area contributed by atoms with E-state index in [4.69, 9.17) is 0 Å². The van der Waals surface area contributed by atoms with Crippen molar-refractivity contribution in [3.05, 3.63) is 22.9 Å². The largest absolute Gasteiger partial charge is 0.381 e. The number of rotatable bonds is 3. The van der Waals surface area contributed by atoms with Crippen LogP contribution in [0, 0.1) is 11.8 Å². The van der Waals surface area contributed by atoms with Gasteiger partial charge in [-0.05, 0) is 46.7 Å². The van der Waals surface area contributed by atoms with E-state index in [0.29, 0.717) is 6.04 Å². The Labute approximate surface area is 112 Å². The number of nitrogens with zero attached hydrogens (tertiary/aromatic N) is 1. The molecule has 0 radical (unpaired) electrons. The zero-order chi connectivity index (χ0) is 12.3. The molecule has 2 rings (SSSR count). The molecule has 0 saturated heterocycles. The Morgan fingerprint density at radius 1 is 1.35 bits per heavy atom. The van der Waals surface area contributed by atoms with E-state index in [-0.39, 0.29) is 0 Å². The lowest BCUT2D eigenvalue weighted by atomic mass is 9.78. The second kappa shape index (κ2) is 5.85. The van der Waals surface area contributed by atoms with Crippen molar-refractivity contribution in [3.63, 3.8) is 0 Å². The van der Waals surface area contributed by atoms with Crippen LogP contribution in [-0.2, 0) is 0 Å². The molecule has 3 heteroatoms. The maximum absolute atomic E-state index is 4.11. The Balaban J connectivity index is 2.08. The van der Waals surface area contributed by atoms with Crippen molar-refractivity contribution in [2.45, 2.75) is 45.6 Å². The Kier molecular flexibility index (Phi) is 4.43. The summed E-state index contributed by atoms with van der Waals surface area (Å²) in [4.78, 5) is 4.11. The minimum absolute atomic E-state index is 0.613. The third kappa shape index (κ3) is 3.21. The molecular formula is C14H21BrN2. The second-order valence-electron chi connectivity index (χ2n) is 5.30. The molecule has 2 atom stereocenters. The van der Waals surface area contributed by atoms with Crippen LogP contribution in [0.5, 0.6) is 0 Å². The van der Waals surface area contributed by atoms with Crippen LogP contribution in [0.1, 0.15) is 39.5 Å². The van der Waals surface area contributed by atoms with Crippen molar-refractivity contribution in [1.29, 1.82) is 0 Å². The summed E-state index contributed by atoms with van der Waals surface area (Å²) in [5, 5.41) is 3.69. The number of hydrogen-bond donors (Lipinski definition) is 1. The smallest absolute Gasteiger partial charge is 0.0590 e. The summed E-state index contributed by atoms with van der Waals surface area (Å²) < 4.78 is 1.06. The van der Waals surface area contributed by atoms with Gasteiger partial charge in [-0.2, -0.15) is 0 Å². The maximum Gasteiger partial charge on any atom is 0.0590 e. The molecule has 1 aliphatic rings. The third-order valence-corrected chi connectivity index (χ3v) is 4.42. The van der Waals surface area contributed by atoms with Crippen LogP contribution in [0.15, 0.2) is 22.9 Å². The van der Waals surface area contributed by atoms with E-state index in [2.05, 4.69) is 46.1 Å². The molecule has 2 unspecified atom stereocenters. The molecule has 0 bridgehead atoms. The number of aromatic nitrogens is 1. The summed E-state index contributed by atoms with van der Waals surface area (Å²) in [6.07, 6.45) is 9.09. The molecule has 1 aromatic heterocycles. The first kappa shape index (κ1) is 12.9. The van der Waals surface area contributed by atoms with Crippen molar-refractivity contribution in [3.8, 4) is 0 Å². The fourth-order valence-corrected chi connectivity index (χ4v) is 3.19. The summed E-state index contributed by atoms with van der Waals surface area (Å²) in [6.45, 7) is 4.68. The van der Waals surface area contributed by atoms with Gasteiger partial charge in [-0.15, -0.1) is 0 Å². The van der Waals surface area contributed by atoms with Crippen molar-refractivity contribution in [2.24, 2.45) is 11.8 Å². The highest BCUT2D eigenvalue weighted by Gasteiger charge is 2.27. The van der Waals surface area contributed by atoms with Gasteiger partial charge in [0.15, 0.2) is 0 Å². The van der Waals surface area contributed by atoms with Gasteiger partial charge >= 0.3 is 0 Å². The second-order valence-corrected chi connectivity index (χ2v) is 6.15. The van der Waals surface area contributed by atoms with E-state index in [1.165, 1.54) is 31.4 Å². The van der Waals surface area contributed by atoms with Gasteiger partial charge in [0.05, 0.1) is 10.2 Å². The van der Waals surface area contributed by atoms with E-state index in [9.17, 15) is 0 Å². The van der Waals surface area contributed by atoms with Gasteiger partial charge in [0, 0.05) is 18.4 Å². The van der Waals surface area contributed by atoms with Crippen LogP contribution < -0.4 is 5.32 Å². The van der Waals surface area contributed by atoms with E-state index in [0.717, 1.165) is 16.3 Å². The molecule has 0 spiro atoms. The van der Waals surface area contributed by atoms with Gasteiger partial charge in [-0.1, -0.05) is 26.7 Å². The summed E-state index contributed by atoms with van der Waals surface area (Å²) in [6, 6.07) is 2.67. The van der Waals surface area contributed by atoms with Crippen LogP contribution in [0.25, 0.3) is 0 Å². The summed E-state index contributed by atoms with van der Waals surface area (Å²) in [7, 11) is 0. The first-order valence-electron chi connectivity index (χ1n) is 6.54. The number of pyridine rings is 1. The molecule has 94 valence electrons. The zero-order valence-electron chi connectivity index (χ0n) is 10.6. The molecule has 0 amide bonds. The molecule has 0 aliphatic heterocycles. The Hall–Kier alpha value is -0.570. The predicted octanol–water partition coefficient (Wildman–Crippen LogP) is 4.47. The van der Waals surface area contributed by atoms with Gasteiger partial charge in [-0.25, -0.2) is 0 Å².